The van der Waals surface area contributed by atoms with Gasteiger partial charge in [0.05, 0.1) is 6.26 Å². The predicted molar refractivity (Wildman–Crippen MR) is 102 cm³/mol. The third kappa shape index (κ3) is 4.20. The highest BCUT2D eigenvalue weighted by Gasteiger charge is 2.22. The van der Waals surface area contributed by atoms with Crippen molar-refractivity contribution in [3.8, 4) is 5.75 Å². The molecule has 27 heavy (non-hydrogen) atoms. The molecule has 3 rings (SSSR count). The number of hydrogen-bond acceptors (Lipinski definition) is 5. The number of carbonyl (C=O) groups excluding carboxylic acids is 1. The van der Waals surface area contributed by atoms with Gasteiger partial charge in [-0.25, -0.2) is 0 Å². The second-order valence-electron chi connectivity index (χ2n) is 6.22. The Balaban J connectivity index is 1.77. The van der Waals surface area contributed by atoms with Crippen LogP contribution in [-0.2, 0) is 10.1 Å². The maximum absolute atomic E-state index is 12.7. The number of amides is 1. The van der Waals surface area contributed by atoms with Gasteiger partial charge in [-0.1, -0.05) is 17.7 Å². The van der Waals surface area contributed by atoms with Crippen LogP contribution in [0.4, 0.5) is 5.69 Å². The molecule has 0 atom stereocenters. The lowest BCUT2D eigenvalue weighted by atomic mass is 10.1. The van der Waals surface area contributed by atoms with Crippen LogP contribution >= 0.6 is 0 Å². The van der Waals surface area contributed by atoms with Gasteiger partial charge in [0.2, 0.25) is 0 Å². The molecule has 0 bridgehead atoms. The molecule has 0 fully saturated rings. The van der Waals surface area contributed by atoms with E-state index in [-0.39, 0.29) is 16.4 Å². The molecule has 0 radical (unpaired) electrons. The molecule has 140 valence electrons. The summed E-state index contributed by atoms with van der Waals surface area (Å²) < 4.78 is 35.6. The molecule has 0 saturated heterocycles. The van der Waals surface area contributed by atoms with Gasteiger partial charge in [-0.05, 0) is 68.3 Å². The minimum atomic E-state index is -3.97. The minimum absolute atomic E-state index is 0.158. The lowest BCUT2D eigenvalue weighted by Gasteiger charge is -2.13. The normalized spacial score (nSPS) is 11.2. The summed E-state index contributed by atoms with van der Waals surface area (Å²) in [5.41, 5.74) is 2.74. The van der Waals surface area contributed by atoms with E-state index in [1.54, 1.807) is 50.2 Å². The fourth-order valence-corrected chi connectivity index (χ4v) is 4.28. The molecule has 0 saturated carbocycles. The van der Waals surface area contributed by atoms with Crippen molar-refractivity contribution in [2.45, 2.75) is 25.7 Å². The third-order valence-electron chi connectivity index (χ3n) is 3.92. The molecular formula is C20H19NO5S. The average molecular weight is 385 g/mol. The van der Waals surface area contributed by atoms with Crippen LogP contribution in [0.15, 0.2) is 64.1 Å². The van der Waals surface area contributed by atoms with Gasteiger partial charge in [-0.3, -0.25) is 4.79 Å². The first-order valence-electron chi connectivity index (χ1n) is 8.23. The fourth-order valence-electron chi connectivity index (χ4n) is 2.92. The van der Waals surface area contributed by atoms with Crippen molar-refractivity contribution >= 4 is 21.7 Å². The van der Waals surface area contributed by atoms with Crippen molar-refractivity contribution in [2.24, 2.45) is 0 Å². The van der Waals surface area contributed by atoms with Gasteiger partial charge < -0.3 is 13.9 Å². The fraction of sp³-hybridized carbons (Fsp3) is 0.150. The van der Waals surface area contributed by atoms with Crippen molar-refractivity contribution in [3.05, 3.63) is 77.2 Å². The second kappa shape index (κ2) is 7.28. The van der Waals surface area contributed by atoms with Crippen LogP contribution in [0.1, 0.15) is 27.2 Å². The molecule has 1 N–H and O–H groups in total. The minimum Gasteiger partial charge on any atom is -0.459 e. The van der Waals surface area contributed by atoms with Crippen LogP contribution < -0.4 is 9.50 Å². The van der Waals surface area contributed by atoms with E-state index >= 15 is 0 Å². The van der Waals surface area contributed by atoms with Gasteiger partial charge in [-0.2, -0.15) is 8.42 Å². The van der Waals surface area contributed by atoms with Gasteiger partial charge in [0.25, 0.3) is 5.91 Å². The molecule has 0 spiro atoms. The first-order valence-corrected chi connectivity index (χ1v) is 9.64. The molecule has 0 aliphatic carbocycles. The van der Waals surface area contributed by atoms with Crippen molar-refractivity contribution in [2.75, 3.05) is 5.32 Å². The molecule has 1 amide bonds. The van der Waals surface area contributed by atoms with Crippen molar-refractivity contribution < 1.29 is 21.8 Å². The summed E-state index contributed by atoms with van der Waals surface area (Å²) in [4.78, 5) is 12.1. The smallest absolute Gasteiger partial charge is 0.339 e. The van der Waals surface area contributed by atoms with Gasteiger partial charge >= 0.3 is 10.1 Å². The Morgan fingerprint density at radius 2 is 1.63 bits per heavy atom. The van der Waals surface area contributed by atoms with Crippen molar-refractivity contribution in [1.82, 2.24) is 0 Å². The topological polar surface area (TPSA) is 85.6 Å². The largest absolute Gasteiger partial charge is 0.459 e. The van der Waals surface area contributed by atoms with Crippen molar-refractivity contribution in [1.29, 1.82) is 0 Å². The SMILES string of the molecule is Cc1cc(C)c(S(=O)(=O)Oc2ccc(NC(=O)c3ccco3)cc2)c(C)c1. The zero-order chi connectivity index (χ0) is 19.6. The van der Waals surface area contributed by atoms with Crippen LogP contribution in [0, 0.1) is 20.8 Å². The predicted octanol–water partition coefficient (Wildman–Crippen LogP) is 4.22. The summed E-state index contributed by atoms with van der Waals surface area (Å²) in [6.07, 6.45) is 1.41. The highest BCUT2D eigenvalue weighted by atomic mass is 32.2. The molecule has 0 aliphatic rings. The van der Waals surface area contributed by atoms with Crippen LogP contribution in [0.3, 0.4) is 0 Å². The van der Waals surface area contributed by atoms with Gasteiger partial charge in [0, 0.05) is 5.69 Å². The standard InChI is InChI=1S/C20H19NO5S/c1-13-11-14(2)19(15(3)12-13)27(23,24)26-17-8-6-16(7-9-17)21-20(22)18-5-4-10-25-18/h4-12H,1-3H3,(H,21,22). The van der Waals surface area contributed by atoms with Gasteiger partial charge in [-0.15, -0.1) is 0 Å². The zero-order valence-electron chi connectivity index (χ0n) is 15.1. The summed E-state index contributed by atoms with van der Waals surface area (Å²) in [6, 6.07) is 12.8. The summed E-state index contributed by atoms with van der Waals surface area (Å²) in [6.45, 7) is 5.39. The maximum Gasteiger partial charge on any atom is 0.339 e. The number of carbonyl (C=O) groups is 1. The zero-order valence-corrected chi connectivity index (χ0v) is 16.0. The summed E-state index contributed by atoms with van der Waals surface area (Å²) in [5, 5.41) is 2.65. The number of aryl methyl sites for hydroxylation is 3. The molecule has 1 aromatic heterocycles. The molecular weight excluding hydrogens is 366 g/mol. The third-order valence-corrected chi connectivity index (χ3v) is 5.47. The molecule has 3 aromatic rings. The van der Waals surface area contributed by atoms with E-state index in [1.807, 2.05) is 6.92 Å². The number of hydrogen-bond donors (Lipinski definition) is 1. The van der Waals surface area contributed by atoms with Crippen LogP contribution in [0.25, 0.3) is 0 Å². The van der Waals surface area contributed by atoms with E-state index < -0.39 is 16.0 Å². The Hall–Kier alpha value is -3.06. The summed E-state index contributed by atoms with van der Waals surface area (Å²) in [7, 11) is -3.97. The maximum atomic E-state index is 12.7. The van der Waals surface area contributed by atoms with Crippen molar-refractivity contribution in [3.63, 3.8) is 0 Å². The monoisotopic (exact) mass is 385 g/mol. The van der Waals surface area contributed by atoms with Gasteiger partial charge in [0.15, 0.2) is 5.76 Å². The molecule has 7 heteroatoms. The van der Waals surface area contributed by atoms with Crippen LogP contribution in [0.2, 0.25) is 0 Å². The van der Waals surface area contributed by atoms with Gasteiger partial charge in [0.1, 0.15) is 10.6 Å². The van der Waals surface area contributed by atoms with E-state index in [0.29, 0.717) is 16.8 Å². The number of rotatable bonds is 5. The van der Waals surface area contributed by atoms with E-state index in [2.05, 4.69) is 5.32 Å². The molecule has 0 aliphatic heterocycles. The van der Waals surface area contributed by atoms with Crippen LogP contribution in [-0.4, -0.2) is 14.3 Å². The first-order chi connectivity index (χ1) is 12.8. The summed E-state index contributed by atoms with van der Waals surface area (Å²) >= 11 is 0. The first kappa shape index (κ1) is 18.7. The number of anilines is 1. The number of furan rings is 1. The lowest BCUT2D eigenvalue weighted by molar-refractivity contribution is 0.0996. The van der Waals surface area contributed by atoms with Crippen LogP contribution in [0.5, 0.6) is 5.75 Å². The van der Waals surface area contributed by atoms with E-state index in [9.17, 15) is 13.2 Å². The number of benzene rings is 2. The molecule has 0 unspecified atom stereocenters. The average Bonchev–Trinajstić information content (AvgIpc) is 3.09. The molecule has 2 aromatic carbocycles. The Bertz CT molecular complexity index is 1050. The Labute approximate surface area is 157 Å². The Morgan fingerprint density at radius 3 is 2.19 bits per heavy atom. The Kier molecular flexibility index (Phi) is 5.05. The lowest BCUT2D eigenvalue weighted by Crippen LogP contribution is -2.13. The number of nitrogens with one attached hydrogen (secondary N) is 1. The molecule has 1 heterocycles. The quantitative estimate of drug-likeness (QED) is 0.665. The van der Waals surface area contributed by atoms with E-state index in [0.717, 1.165) is 5.56 Å². The highest BCUT2D eigenvalue weighted by molar-refractivity contribution is 7.87. The van der Waals surface area contributed by atoms with E-state index in [4.69, 9.17) is 8.60 Å². The highest BCUT2D eigenvalue weighted by Crippen LogP contribution is 2.26. The second-order valence-corrected chi connectivity index (χ2v) is 7.70. The molecule has 6 nitrogen and oxygen atoms in total. The Morgan fingerprint density at radius 1 is 1.00 bits per heavy atom. The summed E-state index contributed by atoms with van der Waals surface area (Å²) in [5.74, 6) is -0.0548. The van der Waals surface area contributed by atoms with E-state index in [1.165, 1.54) is 18.4 Å².